The molecule has 0 saturated carbocycles. The van der Waals surface area contributed by atoms with E-state index >= 15 is 0 Å². The van der Waals surface area contributed by atoms with Crippen molar-refractivity contribution in [3.05, 3.63) is 47.7 Å². The number of methoxy groups -OCH3 is 1. The Kier molecular flexibility index (Phi) is 6.42. The topological polar surface area (TPSA) is 72.5 Å². The molecule has 1 aromatic heterocycles. The van der Waals surface area contributed by atoms with Crippen LogP contribution < -0.4 is 20.1 Å². The van der Waals surface area contributed by atoms with Crippen LogP contribution in [0.25, 0.3) is 0 Å². The molecule has 2 N–H and O–H groups in total. The van der Waals surface area contributed by atoms with Crippen molar-refractivity contribution in [2.75, 3.05) is 25.6 Å². The summed E-state index contributed by atoms with van der Waals surface area (Å²) in [7, 11) is 1.61. The first-order chi connectivity index (χ1) is 11.6. The SMILES string of the molecule is CCOc1ccc(CCNC(=O)Nc2ccc(C)cn2)cc1OC. The largest absolute Gasteiger partial charge is 0.493 e. The van der Waals surface area contributed by atoms with Gasteiger partial charge in [-0.3, -0.25) is 5.32 Å². The van der Waals surface area contributed by atoms with Crippen LogP contribution in [0.5, 0.6) is 11.5 Å². The number of carbonyl (C=O) groups excluding carboxylic acids is 1. The summed E-state index contributed by atoms with van der Waals surface area (Å²) < 4.78 is 10.8. The van der Waals surface area contributed by atoms with Gasteiger partial charge in [0.25, 0.3) is 0 Å². The highest BCUT2D eigenvalue weighted by molar-refractivity contribution is 5.88. The van der Waals surface area contributed by atoms with Crippen LogP contribution in [0.1, 0.15) is 18.1 Å². The third kappa shape index (κ3) is 5.15. The lowest BCUT2D eigenvalue weighted by Crippen LogP contribution is -2.30. The highest BCUT2D eigenvalue weighted by Gasteiger charge is 2.06. The van der Waals surface area contributed by atoms with Crippen molar-refractivity contribution in [1.29, 1.82) is 0 Å². The third-order valence-electron chi connectivity index (χ3n) is 3.38. The molecule has 6 heteroatoms. The maximum absolute atomic E-state index is 11.8. The second-order valence-corrected chi connectivity index (χ2v) is 5.27. The van der Waals surface area contributed by atoms with Gasteiger partial charge in [0.2, 0.25) is 0 Å². The van der Waals surface area contributed by atoms with Crippen LogP contribution in [-0.2, 0) is 6.42 Å². The Bertz CT molecular complexity index is 672. The number of rotatable bonds is 7. The number of aromatic nitrogens is 1. The molecule has 1 aromatic carbocycles. The fourth-order valence-corrected chi connectivity index (χ4v) is 2.16. The average Bonchev–Trinajstić information content (AvgIpc) is 2.58. The maximum Gasteiger partial charge on any atom is 0.320 e. The van der Waals surface area contributed by atoms with Gasteiger partial charge in [-0.05, 0) is 49.6 Å². The molecule has 2 rings (SSSR count). The van der Waals surface area contributed by atoms with Gasteiger partial charge in [-0.2, -0.15) is 0 Å². The van der Waals surface area contributed by atoms with Gasteiger partial charge < -0.3 is 14.8 Å². The van der Waals surface area contributed by atoms with Crippen molar-refractivity contribution in [2.24, 2.45) is 0 Å². The van der Waals surface area contributed by atoms with E-state index in [0.29, 0.717) is 31.1 Å². The number of amides is 2. The summed E-state index contributed by atoms with van der Waals surface area (Å²) >= 11 is 0. The molecule has 0 atom stereocenters. The Labute approximate surface area is 142 Å². The number of carbonyl (C=O) groups is 1. The van der Waals surface area contributed by atoms with Gasteiger partial charge in [-0.1, -0.05) is 12.1 Å². The summed E-state index contributed by atoms with van der Waals surface area (Å²) in [5.41, 5.74) is 2.11. The summed E-state index contributed by atoms with van der Waals surface area (Å²) in [4.78, 5) is 16.0. The maximum atomic E-state index is 11.8. The van der Waals surface area contributed by atoms with Crippen molar-refractivity contribution in [1.82, 2.24) is 10.3 Å². The molecule has 0 aliphatic carbocycles. The molecule has 128 valence electrons. The number of pyridine rings is 1. The summed E-state index contributed by atoms with van der Waals surface area (Å²) in [6.07, 6.45) is 2.40. The Morgan fingerprint density at radius 1 is 1.21 bits per heavy atom. The quantitative estimate of drug-likeness (QED) is 0.818. The summed E-state index contributed by atoms with van der Waals surface area (Å²) in [6.45, 7) is 4.97. The Morgan fingerprint density at radius 2 is 2.04 bits per heavy atom. The second kappa shape index (κ2) is 8.76. The highest BCUT2D eigenvalue weighted by Crippen LogP contribution is 2.28. The zero-order valence-corrected chi connectivity index (χ0v) is 14.3. The zero-order valence-electron chi connectivity index (χ0n) is 14.3. The van der Waals surface area contributed by atoms with Gasteiger partial charge in [0.05, 0.1) is 13.7 Å². The van der Waals surface area contributed by atoms with Crippen molar-refractivity contribution >= 4 is 11.8 Å². The number of hydrogen-bond donors (Lipinski definition) is 2. The van der Waals surface area contributed by atoms with E-state index < -0.39 is 0 Å². The monoisotopic (exact) mass is 329 g/mol. The van der Waals surface area contributed by atoms with E-state index in [1.807, 2.05) is 38.1 Å². The first-order valence-electron chi connectivity index (χ1n) is 7.89. The molecule has 1 heterocycles. The standard InChI is InChI=1S/C18H23N3O3/c1-4-24-15-7-6-14(11-16(15)23-3)9-10-19-18(22)21-17-8-5-13(2)12-20-17/h5-8,11-12H,4,9-10H2,1-3H3,(H2,19,20,21,22). The van der Waals surface area contributed by atoms with Crippen molar-refractivity contribution in [2.45, 2.75) is 20.3 Å². The van der Waals surface area contributed by atoms with Crippen LogP contribution in [0.4, 0.5) is 10.6 Å². The lowest BCUT2D eigenvalue weighted by molar-refractivity contribution is 0.252. The molecule has 0 fully saturated rings. The minimum Gasteiger partial charge on any atom is -0.493 e. The average molecular weight is 329 g/mol. The Morgan fingerprint density at radius 3 is 2.71 bits per heavy atom. The number of nitrogens with one attached hydrogen (secondary N) is 2. The fraction of sp³-hybridized carbons (Fsp3) is 0.333. The number of hydrogen-bond acceptors (Lipinski definition) is 4. The molecule has 2 aromatic rings. The fourth-order valence-electron chi connectivity index (χ4n) is 2.16. The van der Waals surface area contributed by atoms with E-state index in [9.17, 15) is 4.79 Å². The number of nitrogens with zero attached hydrogens (tertiary/aromatic N) is 1. The number of ether oxygens (including phenoxy) is 2. The first-order valence-corrected chi connectivity index (χ1v) is 7.89. The molecule has 0 spiro atoms. The number of anilines is 1. The van der Waals surface area contributed by atoms with Crippen LogP contribution in [0.3, 0.4) is 0 Å². The van der Waals surface area contributed by atoms with E-state index in [-0.39, 0.29) is 6.03 Å². The van der Waals surface area contributed by atoms with E-state index in [4.69, 9.17) is 9.47 Å². The molecule has 24 heavy (non-hydrogen) atoms. The summed E-state index contributed by atoms with van der Waals surface area (Å²) in [5.74, 6) is 1.95. The minimum atomic E-state index is -0.274. The van der Waals surface area contributed by atoms with Gasteiger partial charge in [-0.25, -0.2) is 9.78 Å². The molecule has 0 aliphatic heterocycles. The minimum absolute atomic E-state index is 0.274. The Hall–Kier alpha value is -2.76. The Balaban J connectivity index is 1.82. The third-order valence-corrected chi connectivity index (χ3v) is 3.38. The highest BCUT2D eigenvalue weighted by atomic mass is 16.5. The van der Waals surface area contributed by atoms with E-state index in [0.717, 1.165) is 16.9 Å². The van der Waals surface area contributed by atoms with Crippen molar-refractivity contribution in [3.63, 3.8) is 0 Å². The number of urea groups is 1. The lowest BCUT2D eigenvalue weighted by atomic mass is 10.1. The van der Waals surface area contributed by atoms with Gasteiger partial charge in [-0.15, -0.1) is 0 Å². The van der Waals surface area contributed by atoms with Crippen LogP contribution in [-0.4, -0.2) is 31.3 Å². The van der Waals surface area contributed by atoms with Crippen LogP contribution in [0, 0.1) is 6.92 Å². The molecular formula is C18H23N3O3. The van der Waals surface area contributed by atoms with Gasteiger partial charge in [0, 0.05) is 12.7 Å². The summed E-state index contributed by atoms with van der Waals surface area (Å²) in [6, 6.07) is 9.17. The molecular weight excluding hydrogens is 306 g/mol. The molecule has 0 unspecified atom stereocenters. The van der Waals surface area contributed by atoms with E-state index in [1.165, 1.54) is 0 Å². The number of aryl methyl sites for hydroxylation is 1. The molecule has 6 nitrogen and oxygen atoms in total. The molecule has 0 radical (unpaired) electrons. The van der Waals surface area contributed by atoms with Crippen molar-refractivity contribution in [3.8, 4) is 11.5 Å². The molecule has 2 amide bonds. The molecule has 0 bridgehead atoms. The normalized spacial score (nSPS) is 10.1. The van der Waals surface area contributed by atoms with Gasteiger partial charge in [0.1, 0.15) is 5.82 Å². The van der Waals surface area contributed by atoms with Crippen LogP contribution >= 0.6 is 0 Å². The van der Waals surface area contributed by atoms with E-state index in [1.54, 1.807) is 19.4 Å². The van der Waals surface area contributed by atoms with Crippen LogP contribution in [0.15, 0.2) is 36.5 Å². The molecule has 0 saturated heterocycles. The predicted octanol–water partition coefficient (Wildman–Crippen LogP) is 3.16. The smallest absolute Gasteiger partial charge is 0.320 e. The van der Waals surface area contributed by atoms with Crippen molar-refractivity contribution < 1.29 is 14.3 Å². The van der Waals surface area contributed by atoms with Gasteiger partial charge >= 0.3 is 6.03 Å². The van der Waals surface area contributed by atoms with Gasteiger partial charge in [0.15, 0.2) is 11.5 Å². The zero-order chi connectivity index (χ0) is 17.4. The lowest BCUT2D eigenvalue weighted by Gasteiger charge is -2.11. The van der Waals surface area contributed by atoms with E-state index in [2.05, 4.69) is 15.6 Å². The number of benzene rings is 1. The predicted molar refractivity (Wildman–Crippen MR) is 93.9 cm³/mol. The molecule has 0 aliphatic rings. The van der Waals surface area contributed by atoms with Crippen LogP contribution in [0.2, 0.25) is 0 Å². The first kappa shape index (κ1) is 17.6. The summed E-state index contributed by atoms with van der Waals surface area (Å²) in [5, 5.41) is 5.51. The second-order valence-electron chi connectivity index (χ2n) is 5.27.